The molecule has 1 heterocycles. The molecule has 1 aromatic carbocycles. The molecule has 0 unspecified atom stereocenters. The van der Waals surface area contributed by atoms with Gasteiger partial charge in [0.15, 0.2) is 11.5 Å². The molecule has 5 nitrogen and oxygen atoms in total. The van der Waals surface area contributed by atoms with Gasteiger partial charge in [-0.25, -0.2) is 4.98 Å². The second kappa shape index (κ2) is 7.69. The van der Waals surface area contributed by atoms with Crippen molar-refractivity contribution in [2.75, 3.05) is 20.3 Å². The van der Waals surface area contributed by atoms with Crippen LogP contribution in [0.1, 0.15) is 18.3 Å². The fourth-order valence-electron chi connectivity index (χ4n) is 2.10. The largest absolute Gasteiger partial charge is 0.493 e. The summed E-state index contributed by atoms with van der Waals surface area (Å²) in [6.45, 7) is 4.45. The zero-order valence-electron chi connectivity index (χ0n) is 12.9. The van der Waals surface area contributed by atoms with Crippen molar-refractivity contribution in [1.29, 1.82) is 0 Å². The van der Waals surface area contributed by atoms with Gasteiger partial charge in [0, 0.05) is 32.4 Å². The highest BCUT2D eigenvalue weighted by Gasteiger charge is 2.07. The number of aryl methyl sites for hydroxylation is 1. The van der Waals surface area contributed by atoms with E-state index in [1.54, 1.807) is 13.3 Å². The Balaban J connectivity index is 1.94. The third-order valence-corrected chi connectivity index (χ3v) is 3.31. The Bertz CT molecular complexity index is 566. The Hall–Kier alpha value is -2.01. The van der Waals surface area contributed by atoms with Crippen LogP contribution in [0.25, 0.3) is 0 Å². The topological polar surface area (TPSA) is 48.3 Å². The number of nitrogens with one attached hydrogen (secondary N) is 1. The van der Waals surface area contributed by atoms with Gasteiger partial charge in [0.2, 0.25) is 0 Å². The SMILES string of the molecule is CCNCc1ccc(OCCc2nccn2C)c(OC)c1. The summed E-state index contributed by atoms with van der Waals surface area (Å²) >= 11 is 0. The minimum absolute atomic E-state index is 0.577. The number of rotatable bonds is 8. The normalized spacial score (nSPS) is 10.6. The maximum atomic E-state index is 5.82. The van der Waals surface area contributed by atoms with Gasteiger partial charge in [0.1, 0.15) is 5.82 Å². The highest BCUT2D eigenvalue weighted by atomic mass is 16.5. The van der Waals surface area contributed by atoms with Crippen LogP contribution >= 0.6 is 0 Å². The van der Waals surface area contributed by atoms with Gasteiger partial charge in [0.25, 0.3) is 0 Å². The van der Waals surface area contributed by atoms with Crippen molar-refractivity contribution >= 4 is 0 Å². The monoisotopic (exact) mass is 289 g/mol. The third-order valence-electron chi connectivity index (χ3n) is 3.31. The molecular weight excluding hydrogens is 266 g/mol. The molecule has 2 rings (SSSR count). The highest BCUT2D eigenvalue weighted by molar-refractivity contribution is 5.42. The summed E-state index contributed by atoms with van der Waals surface area (Å²) in [6.07, 6.45) is 4.50. The summed E-state index contributed by atoms with van der Waals surface area (Å²) < 4.78 is 13.2. The molecule has 1 aromatic heterocycles. The highest BCUT2D eigenvalue weighted by Crippen LogP contribution is 2.28. The molecule has 21 heavy (non-hydrogen) atoms. The molecule has 5 heteroatoms. The second-order valence-electron chi connectivity index (χ2n) is 4.82. The quantitative estimate of drug-likeness (QED) is 0.809. The van der Waals surface area contributed by atoms with E-state index in [0.29, 0.717) is 6.61 Å². The first-order valence-electron chi connectivity index (χ1n) is 7.21. The van der Waals surface area contributed by atoms with Crippen molar-refractivity contribution < 1.29 is 9.47 Å². The molecular formula is C16H23N3O2. The number of nitrogens with zero attached hydrogens (tertiary/aromatic N) is 2. The van der Waals surface area contributed by atoms with Crippen LogP contribution in [0.4, 0.5) is 0 Å². The van der Waals surface area contributed by atoms with Crippen molar-refractivity contribution in [3.05, 3.63) is 42.0 Å². The molecule has 0 aliphatic carbocycles. The lowest BCUT2D eigenvalue weighted by Crippen LogP contribution is -2.12. The zero-order chi connectivity index (χ0) is 15.1. The fraction of sp³-hybridized carbons (Fsp3) is 0.438. The maximum absolute atomic E-state index is 5.82. The third kappa shape index (κ3) is 4.23. The first kappa shape index (κ1) is 15.4. The standard InChI is InChI=1S/C16H23N3O2/c1-4-17-12-13-5-6-14(15(11-13)20-3)21-10-7-16-18-8-9-19(16)2/h5-6,8-9,11,17H,4,7,10,12H2,1-3H3. The summed E-state index contributed by atoms with van der Waals surface area (Å²) in [5, 5.41) is 3.30. The van der Waals surface area contributed by atoms with E-state index in [-0.39, 0.29) is 0 Å². The molecule has 0 bridgehead atoms. The lowest BCUT2D eigenvalue weighted by atomic mass is 10.2. The lowest BCUT2D eigenvalue weighted by molar-refractivity contribution is 0.294. The van der Waals surface area contributed by atoms with Crippen LogP contribution in [0.15, 0.2) is 30.6 Å². The Kier molecular flexibility index (Phi) is 5.63. The lowest BCUT2D eigenvalue weighted by Gasteiger charge is -2.12. The van der Waals surface area contributed by atoms with Gasteiger partial charge in [0.05, 0.1) is 13.7 Å². The van der Waals surface area contributed by atoms with Gasteiger partial charge in [-0.05, 0) is 24.2 Å². The van der Waals surface area contributed by atoms with Crippen molar-refractivity contribution in [2.24, 2.45) is 7.05 Å². The smallest absolute Gasteiger partial charge is 0.161 e. The minimum Gasteiger partial charge on any atom is -0.493 e. The molecule has 0 aliphatic heterocycles. The number of benzene rings is 1. The van der Waals surface area contributed by atoms with E-state index in [0.717, 1.165) is 36.8 Å². The van der Waals surface area contributed by atoms with Crippen LogP contribution in [0.5, 0.6) is 11.5 Å². The Morgan fingerprint density at radius 2 is 2.14 bits per heavy atom. The molecule has 0 saturated heterocycles. The number of imidazole rings is 1. The Morgan fingerprint density at radius 1 is 1.29 bits per heavy atom. The average molecular weight is 289 g/mol. The van der Waals surface area contributed by atoms with Gasteiger partial charge in [-0.3, -0.25) is 0 Å². The van der Waals surface area contributed by atoms with Crippen molar-refractivity contribution in [3.63, 3.8) is 0 Å². The Labute approximate surface area is 125 Å². The van der Waals surface area contributed by atoms with Crippen LogP contribution in [-0.4, -0.2) is 29.8 Å². The summed E-state index contributed by atoms with van der Waals surface area (Å²) in [6, 6.07) is 6.03. The summed E-state index contributed by atoms with van der Waals surface area (Å²) in [5.74, 6) is 2.55. The van der Waals surface area contributed by atoms with E-state index in [1.165, 1.54) is 5.56 Å². The predicted octanol–water partition coefficient (Wildman–Crippen LogP) is 2.16. The number of methoxy groups -OCH3 is 1. The molecule has 0 radical (unpaired) electrons. The molecule has 0 saturated carbocycles. The van der Waals surface area contributed by atoms with Crippen molar-refractivity contribution in [3.8, 4) is 11.5 Å². The summed E-state index contributed by atoms with van der Waals surface area (Å²) in [4.78, 5) is 4.28. The minimum atomic E-state index is 0.577. The van der Waals surface area contributed by atoms with Crippen molar-refractivity contribution in [2.45, 2.75) is 19.9 Å². The van der Waals surface area contributed by atoms with Gasteiger partial charge in [-0.15, -0.1) is 0 Å². The van der Waals surface area contributed by atoms with Crippen LogP contribution in [0, 0.1) is 0 Å². The van der Waals surface area contributed by atoms with Crippen LogP contribution in [0.3, 0.4) is 0 Å². The zero-order valence-corrected chi connectivity index (χ0v) is 12.9. The van der Waals surface area contributed by atoms with Crippen LogP contribution in [-0.2, 0) is 20.0 Å². The van der Waals surface area contributed by atoms with E-state index in [9.17, 15) is 0 Å². The first-order valence-corrected chi connectivity index (χ1v) is 7.21. The molecule has 2 aromatic rings. The predicted molar refractivity (Wildman–Crippen MR) is 82.8 cm³/mol. The van der Waals surface area contributed by atoms with E-state index in [1.807, 2.05) is 29.9 Å². The number of ether oxygens (including phenoxy) is 2. The molecule has 0 spiro atoms. The van der Waals surface area contributed by atoms with Gasteiger partial charge in [-0.1, -0.05) is 13.0 Å². The second-order valence-corrected chi connectivity index (χ2v) is 4.82. The first-order chi connectivity index (χ1) is 10.2. The van der Waals surface area contributed by atoms with Gasteiger partial charge in [-0.2, -0.15) is 0 Å². The van der Waals surface area contributed by atoms with Crippen LogP contribution < -0.4 is 14.8 Å². The summed E-state index contributed by atoms with van der Waals surface area (Å²) in [7, 11) is 3.65. The molecule has 114 valence electrons. The molecule has 0 aliphatic rings. The molecule has 0 amide bonds. The number of hydrogen-bond donors (Lipinski definition) is 1. The van der Waals surface area contributed by atoms with E-state index in [4.69, 9.17) is 9.47 Å². The van der Waals surface area contributed by atoms with E-state index < -0.39 is 0 Å². The van der Waals surface area contributed by atoms with E-state index >= 15 is 0 Å². The molecule has 1 N–H and O–H groups in total. The maximum Gasteiger partial charge on any atom is 0.161 e. The number of aromatic nitrogens is 2. The fourth-order valence-corrected chi connectivity index (χ4v) is 2.10. The molecule has 0 fully saturated rings. The Morgan fingerprint density at radius 3 is 2.81 bits per heavy atom. The summed E-state index contributed by atoms with van der Waals surface area (Å²) in [5.41, 5.74) is 1.19. The van der Waals surface area contributed by atoms with Gasteiger partial charge < -0.3 is 19.4 Å². The average Bonchev–Trinajstić information content (AvgIpc) is 2.91. The van der Waals surface area contributed by atoms with Crippen molar-refractivity contribution in [1.82, 2.24) is 14.9 Å². The number of hydrogen-bond acceptors (Lipinski definition) is 4. The van der Waals surface area contributed by atoms with Gasteiger partial charge >= 0.3 is 0 Å². The molecule has 0 atom stereocenters. The van der Waals surface area contributed by atoms with E-state index in [2.05, 4.69) is 23.3 Å². The van der Waals surface area contributed by atoms with Crippen LogP contribution in [0.2, 0.25) is 0 Å².